The molecule has 1 amide bonds. The van der Waals surface area contributed by atoms with Gasteiger partial charge in [0.05, 0.1) is 9.90 Å². The number of primary amides is 1. The number of alkyl halides is 1. The Balaban J connectivity index is 2.51. The summed E-state index contributed by atoms with van der Waals surface area (Å²) in [5.41, 5.74) is 6.60. The Morgan fingerprint density at radius 1 is 1.39 bits per heavy atom. The molecule has 1 aromatic rings. The van der Waals surface area contributed by atoms with E-state index in [9.17, 15) is 9.90 Å². The van der Waals surface area contributed by atoms with Crippen LogP contribution in [0.4, 0.5) is 0 Å². The Kier molecular flexibility index (Phi) is 3.30. The Labute approximate surface area is 114 Å². The van der Waals surface area contributed by atoms with Crippen molar-refractivity contribution in [2.24, 2.45) is 11.7 Å². The van der Waals surface area contributed by atoms with Crippen LogP contribution in [0.3, 0.4) is 0 Å². The maximum atomic E-state index is 11.4. The summed E-state index contributed by atoms with van der Waals surface area (Å²) in [6.45, 7) is 1.86. The van der Waals surface area contributed by atoms with Gasteiger partial charge in [0, 0.05) is 5.92 Å². The van der Waals surface area contributed by atoms with Gasteiger partial charge in [0.25, 0.3) is 0 Å². The second-order valence-corrected chi connectivity index (χ2v) is 5.66. The molecule has 2 atom stereocenters. The minimum absolute atomic E-state index is 0.0546. The van der Waals surface area contributed by atoms with Crippen LogP contribution < -0.4 is 5.73 Å². The quantitative estimate of drug-likeness (QED) is 0.825. The van der Waals surface area contributed by atoms with Gasteiger partial charge in [0.1, 0.15) is 5.76 Å². The minimum atomic E-state index is -0.593. The van der Waals surface area contributed by atoms with E-state index >= 15 is 0 Å². The second-order valence-electron chi connectivity index (χ2n) is 4.35. The highest BCUT2D eigenvalue weighted by molar-refractivity contribution is 9.09. The average molecular weight is 308 g/mol. The number of aliphatic hydroxyl groups excluding tert-OH is 1. The molecule has 0 saturated heterocycles. The van der Waals surface area contributed by atoms with Gasteiger partial charge in [0.15, 0.2) is 0 Å². The van der Waals surface area contributed by atoms with E-state index in [4.69, 9.17) is 5.73 Å². The van der Waals surface area contributed by atoms with Gasteiger partial charge in [-0.05, 0) is 11.6 Å². The van der Waals surface area contributed by atoms with E-state index in [0.717, 1.165) is 5.56 Å². The Morgan fingerprint density at radius 3 is 2.56 bits per heavy atom. The van der Waals surface area contributed by atoms with Gasteiger partial charge < -0.3 is 10.8 Å². The molecule has 2 rings (SSSR count). The van der Waals surface area contributed by atoms with Crippen molar-refractivity contribution in [2.45, 2.75) is 11.2 Å². The molecule has 0 aliphatic heterocycles. The predicted octanol–water partition coefficient (Wildman–Crippen LogP) is 2.78. The number of rotatable bonds is 2. The lowest BCUT2D eigenvalue weighted by molar-refractivity contribution is -0.115. The molecule has 18 heavy (non-hydrogen) atoms. The van der Waals surface area contributed by atoms with Gasteiger partial charge in [-0.1, -0.05) is 59.3 Å². The number of amides is 1. The topological polar surface area (TPSA) is 63.3 Å². The van der Waals surface area contributed by atoms with E-state index in [0.29, 0.717) is 0 Å². The maximum Gasteiger partial charge on any atom is 0.248 e. The van der Waals surface area contributed by atoms with E-state index in [1.807, 2.05) is 43.3 Å². The molecule has 0 heterocycles. The normalized spacial score (nSPS) is 27.3. The maximum absolute atomic E-state index is 11.4. The van der Waals surface area contributed by atoms with Crippen molar-refractivity contribution >= 4 is 21.8 Å². The summed E-state index contributed by atoms with van der Waals surface area (Å²) in [5, 5.41) is 9.76. The molecular formula is C14H14BrNO2. The van der Waals surface area contributed by atoms with Gasteiger partial charge in [0.2, 0.25) is 5.91 Å². The van der Waals surface area contributed by atoms with Crippen LogP contribution in [0.15, 0.2) is 53.8 Å². The lowest BCUT2D eigenvalue weighted by Gasteiger charge is -2.35. The number of halogens is 1. The molecule has 94 valence electrons. The van der Waals surface area contributed by atoms with Crippen LogP contribution in [-0.2, 0) is 9.12 Å². The number of hydrogen-bond acceptors (Lipinski definition) is 2. The molecule has 1 aromatic carbocycles. The Bertz CT molecular complexity index is 536. The summed E-state index contributed by atoms with van der Waals surface area (Å²) in [7, 11) is 0. The predicted molar refractivity (Wildman–Crippen MR) is 74.2 cm³/mol. The van der Waals surface area contributed by atoms with Crippen LogP contribution in [-0.4, -0.2) is 11.0 Å². The smallest absolute Gasteiger partial charge is 0.248 e. The summed E-state index contributed by atoms with van der Waals surface area (Å²) < 4.78 is -0.523. The fourth-order valence-electron chi connectivity index (χ4n) is 2.25. The van der Waals surface area contributed by atoms with Gasteiger partial charge in [-0.2, -0.15) is 0 Å². The van der Waals surface area contributed by atoms with E-state index in [2.05, 4.69) is 15.9 Å². The van der Waals surface area contributed by atoms with Crippen LogP contribution in [0.25, 0.3) is 0 Å². The molecule has 2 unspecified atom stereocenters. The molecule has 1 aliphatic carbocycles. The molecule has 0 radical (unpaired) electrons. The molecule has 3 N–H and O–H groups in total. The van der Waals surface area contributed by atoms with Gasteiger partial charge in [-0.3, -0.25) is 4.79 Å². The van der Waals surface area contributed by atoms with E-state index in [1.165, 1.54) is 6.08 Å². The van der Waals surface area contributed by atoms with Crippen LogP contribution in [0.5, 0.6) is 0 Å². The highest BCUT2D eigenvalue weighted by atomic mass is 79.9. The van der Waals surface area contributed by atoms with Crippen molar-refractivity contribution in [1.82, 2.24) is 0 Å². The SMILES string of the molecule is CC1C(C(N)=O)=C(O)C=CC1(Br)c1ccccc1. The first-order valence-electron chi connectivity index (χ1n) is 5.63. The molecule has 3 nitrogen and oxygen atoms in total. The molecular weight excluding hydrogens is 294 g/mol. The van der Waals surface area contributed by atoms with E-state index in [1.54, 1.807) is 0 Å². The summed E-state index contributed by atoms with van der Waals surface area (Å²) in [4.78, 5) is 11.4. The number of carbonyl (C=O) groups excluding carboxylic acids is 1. The number of aliphatic hydroxyl groups is 1. The summed E-state index contributed by atoms with van der Waals surface area (Å²) in [6.07, 6.45) is 3.36. The number of allylic oxidation sites excluding steroid dienone is 2. The van der Waals surface area contributed by atoms with E-state index < -0.39 is 10.2 Å². The third-order valence-corrected chi connectivity index (χ3v) is 4.71. The fourth-order valence-corrected chi connectivity index (χ4v) is 2.87. The zero-order valence-electron chi connectivity index (χ0n) is 9.93. The van der Waals surface area contributed by atoms with Crippen molar-refractivity contribution in [3.63, 3.8) is 0 Å². The first kappa shape index (κ1) is 12.9. The fraction of sp³-hybridized carbons (Fsp3) is 0.214. The minimum Gasteiger partial charge on any atom is -0.507 e. The average Bonchev–Trinajstić information content (AvgIpc) is 2.35. The third kappa shape index (κ3) is 1.97. The molecule has 0 aromatic heterocycles. The first-order chi connectivity index (χ1) is 8.47. The van der Waals surface area contributed by atoms with Gasteiger partial charge in [-0.25, -0.2) is 0 Å². The van der Waals surface area contributed by atoms with Crippen molar-refractivity contribution in [3.05, 3.63) is 59.4 Å². The number of carbonyl (C=O) groups is 1. The van der Waals surface area contributed by atoms with E-state index in [-0.39, 0.29) is 17.3 Å². The molecule has 0 bridgehead atoms. The van der Waals surface area contributed by atoms with Gasteiger partial charge in [-0.15, -0.1) is 0 Å². The zero-order valence-corrected chi connectivity index (χ0v) is 11.5. The molecule has 0 spiro atoms. The highest BCUT2D eigenvalue weighted by Crippen LogP contribution is 2.46. The zero-order chi connectivity index (χ0) is 13.3. The molecule has 0 saturated carbocycles. The largest absolute Gasteiger partial charge is 0.507 e. The van der Waals surface area contributed by atoms with Crippen LogP contribution in [0.1, 0.15) is 12.5 Å². The highest BCUT2D eigenvalue weighted by Gasteiger charge is 2.40. The lowest BCUT2D eigenvalue weighted by atomic mass is 9.78. The van der Waals surface area contributed by atoms with Crippen LogP contribution in [0.2, 0.25) is 0 Å². The molecule has 4 heteroatoms. The monoisotopic (exact) mass is 307 g/mol. The number of benzene rings is 1. The van der Waals surface area contributed by atoms with Crippen molar-refractivity contribution in [3.8, 4) is 0 Å². The molecule has 1 aliphatic rings. The first-order valence-corrected chi connectivity index (χ1v) is 6.42. The second kappa shape index (κ2) is 4.61. The number of hydrogen-bond donors (Lipinski definition) is 2. The van der Waals surface area contributed by atoms with Crippen molar-refractivity contribution in [2.75, 3.05) is 0 Å². The summed E-state index contributed by atoms with van der Waals surface area (Å²) >= 11 is 3.67. The van der Waals surface area contributed by atoms with Gasteiger partial charge >= 0.3 is 0 Å². The lowest BCUT2D eigenvalue weighted by Crippen LogP contribution is -2.34. The number of nitrogens with two attached hydrogens (primary N) is 1. The molecule has 0 fully saturated rings. The van der Waals surface area contributed by atoms with Crippen molar-refractivity contribution < 1.29 is 9.90 Å². The van der Waals surface area contributed by atoms with Crippen LogP contribution in [0, 0.1) is 5.92 Å². The summed E-state index contributed by atoms with van der Waals surface area (Å²) in [6, 6.07) is 9.73. The van der Waals surface area contributed by atoms with Crippen LogP contribution >= 0.6 is 15.9 Å². The third-order valence-electron chi connectivity index (χ3n) is 3.30. The standard InChI is InChI=1S/C14H14BrNO2/c1-9-12(13(16)18)11(17)7-8-14(9,15)10-5-3-2-4-6-10/h2-9,17H,1H3,(H2,16,18). The Hall–Kier alpha value is -1.55. The van der Waals surface area contributed by atoms with Crippen molar-refractivity contribution in [1.29, 1.82) is 0 Å². The summed E-state index contributed by atoms with van der Waals surface area (Å²) in [5.74, 6) is -0.896. The Morgan fingerprint density at radius 2 is 2.00 bits per heavy atom.